The normalized spacial score (nSPS) is 12.3. The smallest absolute Gasteiger partial charge is 0.256 e. The number of carbonyl (C=O) groups is 1. The number of rotatable bonds is 4. The summed E-state index contributed by atoms with van der Waals surface area (Å²) in [7, 11) is 3.81. The van der Waals surface area contributed by atoms with Crippen molar-refractivity contribution in [3.05, 3.63) is 78.5 Å². The first kappa shape index (κ1) is 17.0. The molecule has 0 bridgehead atoms. The molecule has 2 heterocycles. The van der Waals surface area contributed by atoms with Crippen LogP contribution in [0, 0.1) is 0 Å². The lowest BCUT2D eigenvalue weighted by molar-refractivity contribution is 0.0744. The van der Waals surface area contributed by atoms with Crippen molar-refractivity contribution in [1.82, 2.24) is 24.2 Å². The van der Waals surface area contributed by atoms with Crippen molar-refractivity contribution in [2.75, 3.05) is 7.05 Å². The van der Waals surface area contributed by atoms with E-state index in [-0.39, 0.29) is 11.9 Å². The zero-order valence-electron chi connectivity index (χ0n) is 15.6. The second kappa shape index (κ2) is 6.72. The zero-order valence-corrected chi connectivity index (χ0v) is 15.6. The van der Waals surface area contributed by atoms with Gasteiger partial charge in [0.05, 0.1) is 17.3 Å². The molecule has 1 atom stereocenters. The Morgan fingerprint density at radius 3 is 2.56 bits per heavy atom. The molecule has 0 saturated heterocycles. The van der Waals surface area contributed by atoms with Gasteiger partial charge in [-0.1, -0.05) is 30.3 Å². The number of hydrogen-bond donors (Lipinski definition) is 0. The molecule has 6 nitrogen and oxygen atoms in total. The predicted molar refractivity (Wildman–Crippen MR) is 105 cm³/mol. The molecule has 4 aromatic rings. The van der Waals surface area contributed by atoms with Gasteiger partial charge in [0, 0.05) is 31.2 Å². The lowest BCUT2D eigenvalue weighted by Gasteiger charge is -2.25. The van der Waals surface area contributed by atoms with Crippen molar-refractivity contribution in [3.63, 3.8) is 0 Å². The maximum atomic E-state index is 13.1. The van der Waals surface area contributed by atoms with Gasteiger partial charge < -0.3 is 9.47 Å². The van der Waals surface area contributed by atoms with Gasteiger partial charge in [-0.05, 0) is 30.7 Å². The SMILES string of the molecule is C[C@@H](c1ccc(-n2cncn2)cc1)N(C)C(=O)c1cn(C)c2ccccc12. The largest absolute Gasteiger partial charge is 0.350 e. The number of amides is 1. The molecule has 0 unspecified atom stereocenters. The van der Waals surface area contributed by atoms with Crippen molar-refractivity contribution in [2.24, 2.45) is 7.05 Å². The molecule has 0 N–H and O–H groups in total. The van der Waals surface area contributed by atoms with Crippen LogP contribution < -0.4 is 0 Å². The first-order valence-electron chi connectivity index (χ1n) is 8.82. The Kier molecular flexibility index (Phi) is 4.24. The van der Waals surface area contributed by atoms with Gasteiger partial charge in [-0.25, -0.2) is 9.67 Å². The molecular weight excluding hydrogens is 338 g/mol. The van der Waals surface area contributed by atoms with E-state index in [4.69, 9.17) is 0 Å². The quantitative estimate of drug-likeness (QED) is 0.559. The highest BCUT2D eigenvalue weighted by atomic mass is 16.2. The number of fused-ring (bicyclic) bond motifs is 1. The molecule has 0 radical (unpaired) electrons. The molecule has 6 heteroatoms. The number of para-hydroxylation sites is 1. The van der Waals surface area contributed by atoms with Crippen molar-refractivity contribution < 1.29 is 4.79 Å². The fourth-order valence-electron chi connectivity index (χ4n) is 3.35. The number of aromatic nitrogens is 4. The summed E-state index contributed by atoms with van der Waals surface area (Å²) < 4.78 is 3.70. The van der Waals surface area contributed by atoms with Crippen LogP contribution in [0.1, 0.15) is 28.9 Å². The summed E-state index contributed by atoms with van der Waals surface area (Å²) in [6.45, 7) is 2.04. The van der Waals surface area contributed by atoms with Crippen LogP contribution in [-0.2, 0) is 7.05 Å². The Labute approximate surface area is 157 Å². The third-order valence-electron chi connectivity index (χ3n) is 5.09. The van der Waals surface area contributed by atoms with Crippen LogP contribution in [-0.4, -0.2) is 37.2 Å². The number of nitrogens with zero attached hydrogens (tertiary/aromatic N) is 5. The van der Waals surface area contributed by atoms with Gasteiger partial charge in [0.1, 0.15) is 12.7 Å². The molecule has 0 aliphatic rings. The third-order valence-corrected chi connectivity index (χ3v) is 5.09. The highest BCUT2D eigenvalue weighted by Crippen LogP contribution is 2.26. The Morgan fingerprint density at radius 2 is 1.85 bits per heavy atom. The van der Waals surface area contributed by atoms with E-state index in [0.29, 0.717) is 0 Å². The summed E-state index contributed by atoms with van der Waals surface area (Å²) in [5, 5.41) is 5.11. The van der Waals surface area contributed by atoms with E-state index >= 15 is 0 Å². The van der Waals surface area contributed by atoms with E-state index in [1.807, 2.05) is 80.3 Å². The summed E-state index contributed by atoms with van der Waals surface area (Å²) in [4.78, 5) is 18.9. The van der Waals surface area contributed by atoms with Gasteiger partial charge in [-0.3, -0.25) is 4.79 Å². The first-order chi connectivity index (χ1) is 13.1. The Bertz CT molecular complexity index is 1080. The second-order valence-electron chi connectivity index (χ2n) is 6.69. The lowest BCUT2D eigenvalue weighted by Crippen LogP contribution is -2.29. The van der Waals surface area contributed by atoms with E-state index < -0.39 is 0 Å². The second-order valence-corrected chi connectivity index (χ2v) is 6.69. The average Bonchev–Trinajstić information content (AvgIpc) is 3.35. The summed E-state index contributed by atoms with van der Waals surface area (Å²) in [5.41, 5.74) is 3.78. The summed E-state index contributed by atoms with van der Waals surface area (Å²) in [6.07, 6.45) is 5.08. The van der Waals surface area contributed by atoms with Crippen LogP contribution in [0.3, 0.4) is 0 Å². The minimum atomic E-state index is -0.0544. The van der Waals surface area contributed by atoms with Crippen molar-refractivity contribution in [1.29, 1.82) is 0 Å². The Balaban J connectivity index is 1.59. The molecule has 0 aliphatic carbocycles. The van der Waals surface area contributed by atoms with E-state index in [9.17, 15) is 4.79 Å². The summed E-state index contributed by atoms with van der Waals surface area (Å²) in [6, 6.07) is 15.9. The van der Waals surface area contributed by atoms with Gasteiger partial charge in [-0.2, -0.15) is 5.10 Å². The van der Waals surface area contributed by atoms with Crippen LogP contribution in [0.15, 0.2) is 67.4 Å². The van der Waals surface area contributed by atoms with Gasteiger partial charge >= 0.3 is 0 Å². The predicted octanol–water partition coefficient (Wildman–Crippen LogP) is 3.59. The molecule has 0 aliphatic heterocycles. The topological polar surface area (TPSA) is 56.0 Å². The summed E-state index contributed by atoms with van der Waals surface area (Å²) in [5.74, 6) is 0.0136. The van der Waals surface area contributed by atoms with E-state index in [1.54, 1.807) is 15.9 Å². The van der Waals surface area contributed by atoms with Gasteiger partial charge in [0.15, 0.2) is 0 Å². The standard InChI is InChI=1S/C21H21N5O/c1-15(16-8-10-17(11-9-16)26-14-22-13-23-26)25(3)21(27)19-12-24(2)20-7-5-4-6-18(19)20/h4-15H,1-3H3/t15-/m0/s1. The van der Waals surface area contributed by atoms with Gasteiger partial charge in [0.25, 0.3) is 5.91 Å². The third kappa shape index (κ3) is 2.99. The van der Waals surface area contributed by atoms with Crippen molar-refractivity contribution >= 4 is 16.8 Å². The fraction of sp³-hybridized carbons (Fsp3) is 0.190. The Morgan fingerprint density at radius 1 is 1.11 bits per heavy atom. The van der Waals surface area contributed by atoms with E-state index in [2.05, 4.69) is 10.1 Å². The maximum absolute atomic E-state index is 13.1. The molecule has 4 rings (SSSR count). The van der Waals surface area contributed by atoms with E-state index in [1.165, 1.54) is 6.33 Å². The van der Waals surface area contributed by atoms with E-state index in [0.717, 1.165) is 27.7 Å². The van der Waals surface area contributed by atoms with Crippen LogP contribution in [0.4, 0.5) is 0 Å². The molecule has 136 valence electrons. The van der Waals surface area contributed by atoms with Crippen LogP contribution >= 0.6 is 0 Å². The highest BCUT2D eigenvalue weighted by Gasteiger charge is 2.22. The van der Waals surface area contributed by atoms with Gasteiger partial charge in [-0.15, -0.1) is 0 Å². The fourth-order valence-corrected chi connectivity index (χ4v) is 3.35. The van der Waals surface area contributed by atoms with Crippen LogP contribution in [0.2, 0.25) is 0 Å². The Hall–Kier alpha value is -3.41. The van der Waals surface area contributed by atoms with Crippen molar-refractivity contribution in [3.8, 4) is 5.69 Å². The minimum Gasteiger partial charge on any atom is -0.350 e. The maximum Gasteiger partial charge on any atom is 0.256 e. The number of carbonyl (C=O) groups excluding carboxylic acids is 1. The molecule has 2 aromatic carbocycles. The molecular formula is C21H21N5O. The number of benzene rings is 2. The highest BCUT2D eigenvalue weighted by molar-refractivity contribution is 6.07. The molecule has 0 spiro atoms. The summed E-state index contributed by atoms with van der Waals surface area (Å²) >= 11 is 0. The monoisotopic (exact) mass is 359 g/mol. The minimum absolute atomic E-state index is 0.0136. The molecule has 27 heavy (non-hydrogen) atoms. The zero-order chi connectivity index (χ0) is 19.0. The average molecular weight is 359 g/mol. The molecule has 2 aromatic heterocycles. The van der Waals surface area contributed by atoms with Gasteiger partial charge in [0.2, 0.25) is 0 Å². The first-order valence-corrected chi connectivity index (χ1v) is 8.82. The molecule has 0 fully saturated rings. The lowest BCUT2D eigenvalue weighted by atomic mass is 10.1. The molecule has 0 saturated carbocycles. The van der Waals surface area contributed by atoms with Crippen LogP contribution in [0.25, 0.3) is 16.6 Å². The van der Waals surface area contributed by atoms with Crippen LogP contribution in [0.5, 0.6) is 0 Å². The van der Waals surface area contributed by atoms with Crippen molar-refractivity contribution in [2.45, 2.75) is 13.0 Å². The molecule has 1 amide bonds. The number of aryl methyl sites for hydroxylation is 1. The number of hydrogen-bond acceptors (Lipinski definition) is 3.